The van der Waals surface area contributed by atoms with Crippen LogP contribution in [-0.4, -0.2) is 32.8 Å². The Kier molecular flexibility index (Phi) is 7.80. The zero-order valence-corrected chi connectivity index (χ0v) is 16.8. The fraction of sp³-hybridized carbons (Fsp3) is 0.208. The molecule has 5 nitrogen and oxygen atoms in total. The summed E-state index contributed by atoms with van der Waals surface area (Å²) in [6.07, 6.45) is 0.703. The van der Waals surface area contributed by atoms with Crippen molar-refractivity contribution >= 4 is 11.6 Å². The number of hydrogen-bond donors (Lipinski definition) is 1. The standard InChI is InChI=1S/C24H24FNO4/c1-28-13-14-29-23-12-11-20(16-21(23)25)26-24(27)17-30-22-10-6-5-9-19(22)15-18-7-3-2-4-8-18/h2-12,16H,13-15,17H2,1H3,(H,26,27). The van der Waals surface area contributed by atoms with Gasteiger partial charge in [0.25, 0.3) is 5.91 Å². The zero-order valence-electron chi connectivity index (χ0n) is 16.8. The van der Waals surface area contributed by atoms with Crippen LogP contribution in [0.1, 0.15) is 11.1 Å². The second-order valence-electron chi connectivity index (χ2n) is 6.59. The van der Waals surface area contributed by atoms with E-state index in [9.17, 15) is 9.18 Å². The highest BCUT2D eigenvalue weighted by Crippen LogP contribution is 2.23. The molecule has 6 heteroatoms. The molecule has 0 fully saturated rings. The van der Waals surface area contributed by atoms with E-state index in [2.05, 4.69) is 5.32 Å². The van der Waals surface area contributed by atoms with Crippen LogP contribution in [0, 0.1) is 5.82 Å². The number of rotatable bonds is 10. The molecule has 0 radical (unpaired) electrons. The molecule has 0 heterocycles. The van der Waals surface area contributed by atoms with Crippen molar-refractivity contribution in [1.29, 1.82) is 0 Å². The number of halogens is 1. The summed E-state index contributed by atoms with van der Waals surface area (Å²) in [5.41, 5.74) is 2.47. The van der Waals surface area contributed by atoms with E-state index in [4.69, 9.17) is 14.2 Å². The van der Waals surface area contributed by atoms with Gasteiger partial charge >= 0.3 is 0 Å². The molecular formula is C24H24FNO4. The fourth-order valence-corrected chi connectivity index (χ4v) is 2.88. The molecule has 1 amide bonds. The number of hydrogen-bond acceptors (Lipinski definition) is 4. The number of carbonyl (C=O) groups excluding carboxylic acids is 1. The van der Waals surface area contributed by atoms with Gasteiger partial charge in [0.2, 0.25) is 0 Å². The third-order valence-electron chi connectivity index (χ3n) is 4.33. The van der Waals surface area contributed by atoms with E-state index < -0.39 is 5.82 Å². The molecule has 3 rings (SSSR count). The molecule has 3 aromatic carbocycles. The molecule has 0 aliphatic heterocycles. The molecule has 0 aliphatic carbocycles. The highest BCUT2D eigenvalue weighted by atomic mass is 19.1. The number of amides is 1. The van der Waals surface area contributed by atoms with E-state index in [0.717, 1.165) is 11.1 Å². The lowest BCUT2D eigenvalue weighted by Crippen LogP contribution is -2.20. The summed E-state index contributed by atoms with van der Waals surface area (Å²) in [5.74, 6) is -0.185. The van der Waals surface area contributed by atoms with Gasteiger partial charge in [-0.1, -0.05) is 48.5 Å². The average molecular weight is 409 g/mol. The lowest BCUT2D eigenvalue weighted by molar-refractivity contribution is -0.118. The van der Waals surface area contributed by atoms with Gasteiger partial charge in [0.1, 0.15) is 12.4 Å². The predicted octanol–water partition coefficient (Wildman–Crippen LogP) is 4.46. The lowest BCUT2D eigenvalue weighted by Gasteiger charge is -2.12. The number of benzene rings is 3. The van der Waals surface area contributed by atoms with Gasteiger partial charge in [0, 0.05) is 25.3 Å². The van der Waals surface area contributed by atoms with E-state index in [0.29, 0.717) is 24.5 Å². The van der Waals surface area contributed by atoms with Gasteiger partial charge in [-0.05, 0) is 29.3 Å². The van der Waals surface area contributed by atoms with Gasteiger partial charge in [-0.15, -0.1) is 0 Å². The third-order valence-corrected chi connectivity index (χ3v) is 4.33. The minimum Gasteiger partial charge on any atom is -0.488 e. The molecule has 0 unspecified atom stereocenters. The van der Waals surface area contributed by atoms with Gasteiger partial charge in [-0.25, -0.2) is 4.39 Å². The van der Waals surface area contributed by atoms with E-state index in [1.54, 1.807) is 13.2 Å². The second-order valence-corrected chi connectivity index (χ2v) is 6.59. The number of nitrogens with one attached hydrogen (secondary N) is 1. The van der Waals surface area contributed by atoms with Crippen LogP contribution in [0.2, 0.25) is 0 Å². The smallest absolute Gasteiger partial charge is 0.262 e. The first-order valence-corrected chi connectivity index (χ1v) is 9.61. The van der Waals surface area contributed by atoms with Gasteiger partial charge < -0.3 is 19.5 Å². The maximum atomic E-state index is 14.1. The minimum atomic E-state index is -0.557. The van der Waals surface area contributed by atoms with Crippen molar-refractivity contribution in [3.05, 3.63) is 89.7 Å². The Bertz CT molecular complexity index is 962. The lowest BCUT2D eigenvalue weighted by atomic mass is 10.0. The molecule has 156 valence electrons. The predicted molar refractivity (Wildman–Crippen MR) is 114 cm³/mol. The third kappa shape index (κ3) is 6.32. The van der Waals surface area contributed by atoms with Crippen molar-refractivity contribution in [2.75, 3.05) is 32.2 Å². The Hall–Kier alpha value is -3.38. The quantitative estimate of drug-likeness (QED) is 0.503. The van der Waals surface area contributed by atoms with Crippen LogP contribution < -0.4 is 14.8 Å². The van der Waals surface area contributed by atoms with E-state index in [1.165, 1.54) is 12.1 Å². The Labute approximate surface area is 175 Å². The van der Waals surface area contributed by atoms with Crippen LogP contribution in [0.3, 0.4) is 0 Å². The van der Waals surface area contributed by atoms with Crippen molar-refractivity contribution in [1.82, 2.24) is 0 Å². The van der Waals surface area contributed by atoms with Gasteiger partial charge in [-0.3, -0.25) is 4.79 Å². The van der Waals surface area contributed by atoms with Gasteiger partial charge in [0.05, 0.1) is 6.61 Å². The summed E-state index contributed by atoms with van der Waals surface area (Å²) < 4.78 is 29.9. The minimum absolute atomic E-state index is 0.108. The first kappa shape index (κ1) is 21.3. The van der Waals surface area contributed by atoms with Crippen LogP contribution in [-0.2, 0) is 16.0 Å². The van der Waals surface area contributed by atoms with Gasteiger partial charge in [-0.2, -0.15) is 0 Å². The van der Waals surface area contributed by atoms with Crippen LogP contribution in [0.5, 0.6) is 11.5 Å². The Balaban J connectivity index is 1.56. The number of methoxy groups -OCH3 is 1. The maximum Gasteiger partial charge on any atom is 0.262 e. The Morgan fingerprint density at radius 3 is 2.43 bits per heavy atom. The molecule has 0 bridgehead atoms. The SMILES string of the molecule is COCCOc1ccc(NC(=O)COc2ccccc2Cc2ccccc2)cc1F. The van der Waals surface area contributed by atoms with E-state index in [1.807, 2.05) is 54.6 Å². The van der Waals surface area contributed by atoms with E-state index in [-0.39, 0.29) is 24.9 Å². The molecule has 0 aromatic heterocycles. The molecule has 0 saturated heterocycles. The van der Waals surface area contributed by atoms with Crippen LogP contribution in [0.15, 0.2) is 72.8 Å². The molecular weight excluding hydrogens is 385 g/mol. The number of anilines is 1. The maximum absolute atomic E-state index is 14.1. The van der Waals surface area contributed by atoms with Gasteiger partial charge in [0.15, 0.2) is 18.2 Å². The molecule has 0 saturated carbocycles. The van der Waals surface area contributed by atoms with Crippen molar-refractivity contribution in [2.45, 2.75) is 6.42 Å². The summed E-state index contributed by atoms with van der Waals surface area (Å²) in [4.78, 5) is 12.3. The Morgan fingerprint density at radius 2 is 1.67 bits per heavy atom. The number of para-hydroxylation sites is 1. The van der Waals surface area contributed by atoms with Crippen molar-refractivity contribution in [3.63, 3.8) is 0 Å². The van der Waals surface area contributed by atoms with Crippen molar-refractivity contribution in [2.24, 2.45) is 0 Å². The van der Waals surface area contributed by atoms with E-state index >= 15 is 0 Å². The monoisotopic (exact) mass is 409 g/mol. The molecule has 0 atom stereocenters. The molecule has 3 aromatic rings. The molecule has 30 heavy (non-hydrogen) atoms. The molecule has 0 spiro atoms. The summed E-state index contributed by atoms with van der Waals surface area (Å²) in [5, 5.41) is 2.63. The molecule has 0 aliphatic rings. The number of carbonyl (C=O) groups is 1. The highest BCUT2D eigenvalue weighted by molar-refractivity contribution is 5.91. The zero-order chi connectivity index (χ0) is 21.2. The van der Waals surface area contributed by atoms with Crippen LogP contribution >= 0.6 is 0 Å². The first-order chi connectivity index (χ1) is 14.7. The first-order valence-electron chi connectivity index (χ1n) is 9.61. The summed E-state index contributed by atoms with van der Waals surface area (Å²) in [7, 11) is 1.54. The fourth-order valence-electron chi connectivity index (χ4n) is 2.88. The van der Waals surface area contributed by atoms with Crippen LogP contribution in [0.4, 0.5) is 10.1 Å². The molecule has 1 N–H and O–H groups in total. The average Bonchev–Trinajstić information content (AvgIpc) is 2.75. The second kappa shape index (κ2) is 11.0. The van der Waals surface area contributed by atoms with Crippen molar-refractivity contribution < 1.29 is 23.4 Å². The topological polar surface area (TPSA) is 56.8 Å². The highest BCUT2D eigenvalue weighted by Gasteiger charge is 2.10. The summed E-state index contributed by atoms with van der Waals surface area (Å²) in [6, 6.07) is 21.9. The normalized spacial score (nSPS) is 10.5. The summed E-state index contributed by atoms with van der Waals surface area (Å²) >= 11 is 0. The number of ether oxygens (including phenoxy) is 3. The summed E-state index contributed by atoms with van der Waals surface area (Å²) in [6.45, 7) is 0.426. The largest absolute Gasteiger partial charge is 0.488 e. The van der Waals surface area contributed by atoms with Crippen LogP contribution in [0.25, 0.3) is 0 Å². The van der Waals surface area contributed by atoms with Crippen molar-refractivity contribution in [3.8, 4) is 11.5 Å². The Morgan fingerprint density at radius 1 is 0.900 bits per heavy atom.